The predicted molar refractivity (Wildman–Crippen MR) is 93.1 cm³/mol. The van der Waals surface area contributed by atoms with Gasteiger partial charge in [0.05, 0.1) is 0 Å². The maximum Gasteiger partial charge on any atom is 0.0438 e. The zero-order chi connectivity index (χ0) is 15.8. The molecule has 0 spiro atoms. The molecule has 21 heavy (non-hydrogen) atoms. The van der Waals surface area contributed by atoms with E-state index < -0.39 is 0 Å². The summed E-state index contributed by atoms with van der Waals surface area (Å²) in [6.45, 7) is 18.2. The van der Waals surface area contributed by atoms with Crippen molar-refractivity contribution in [3.63, 3.8) is 0 Å². The minimum atomic E-state index is 0.291. The van der Waals surface area contributed by atoms with Gasteiger partial charge in [0.2, 0.25) is 0 Å². The van der Waals surface area contributed by atoms with Crippen molar-refractivity contribution in [3.8, 4) is 0 Å². The zero-order valence-corrected chi connectivity index (χ0v) is 14.8. The summed E-state index contributed by atoms with van der Waals surface area (Å²) in [6, 6.07) is 8.05. The summed E-state index contributed by atoms with van der Waals surface area (Å²) in [7, 11) is 0. The van der Waals surface area contributed by atoms with Crippen LogP contribution in [0.3, 0.4) is 0 Å². The number of hydrogen-bond donors (Lipinski definition) is 1. The maximum atomic E-state index is 3.78. The van der Waals surface area contributed by atoms with Crippen molar-refractivity contribution in [3.05, 3.63) is 29.3 Å². The Balaban J connectivity index is 2.33. The Morgan fingerprint density at radius 2 is 1.67 bits per heavy atom. The summed E-state index contributed by atoms with van der Waals surface area (Å²) < 4.78 is 0. The predicted octanol–water partition coefficient (Wildman–Crippen LogP) is 4.15. The van der Waals surface area contributed by atoms with Crippen LogP contribution in [0.5, 0.6) is 0 Å². The van der Waals surface area contributed by atoms with Crippen LogP contribution in [0.15, 0.2) is 18.2 Å². The summed E-state index contributed by atoms with van der Waals surface area (Å²) >= 11 is 0. The molecular weight excluding hydrogens is 256 g/mol. The van der Waals surface area contributed by atoms with Crippen LogP contribution in [-0.4, -0.2) is 25.2 Å². The van der Waals surface area contributed by atoms with E-state index in [0.717, 1.165) is 13.1 Å². The smallest absolute Gasteiger partial charge is 0.0438 e. The minimum absolute atomic E-state index is 0.291. The highest BCUT2D eigenvalue weighted by Crippen LogP contribution is 2.30. The first-order valence-corrected chi connectivity index (χ1v) is 8.27. The first-order chi connectivity index (χ1) is 9.68. The maximum absolute atomic E-state index is 3.78. The lowest BCUT2D eigenvalue weighted by molar-refractivity contribution is 0.221. The largest absolute Gasteiger partial charge is 0.365 e. The summed E-state index contributed by atoms with van der Waals surface area (Å²) in [5.74, 6) is 0.652. The highest BCUT2D eigenvalue weighted by atomic mass is 15.2. The molecule has 1 heterocycles. The average Bonchev–Trinajstić information content (AvgIpc) is 2.35. The second-order valence-electron chi connectivity index (χ2n) is 8.14. The third-order valence-electron chi connectivity index (χ3n) is 4.71. The third-order valence-corrected chi connectivity index (χ3v) is 4.71. The van der Waals surface area contributed by atoms with E-state index in [-0.39, 0.29) is 0 Å². The van der Waals surface area contributed by atoms with Gasteiger partial charge in [0, 0.05) is 30.9 Å². The third kappa shape index (κ3) is 3.79. The Labute approximate surface area is 130 Å². The van der Waals surface area contributed by atoms with Gasteiger partial charge in [-0.15, -0.1) is 0 Å². The number of nitrogens with one attached hydrogen (secondary N) is 1. The van der Waals surface area contributed by atoms with Crippen LogP contribution in [-0.2, 0) is 0 Å². The molecular formula is C19H32N2. The van der Waals surface area contributed by atoms with Crippen molar-refractivity contribution in [1.29, 1.82) is 0 Å². The highest BCUT2D eigenvalue weighted by Gasteiger charge is 2.35. The highest BCUT2D eigenvalue weighted by molar-refractivity contribution is 5.52. The lowest BCUT2D eigenvalue weighted by Crippen LogP contribution is -2.62. The average molecular weight is 288 g/mol. The topological polar surface area (TPSA) is 15.3 Å². The van der Waals surface area contributed by atoms with E-state index in [2.05, 4.69) is 76.9 Å². The summed E-state index contributed by atoms with van der Waals surface area (Å²) in [5.41, 5.74) is 4.40. The molecule has 0 amide bonds. The fourth-order valence-corrected chi connectivity index (χ4v) is 3.36. The molecule has 1 aromatic rings. The van der Waals surface area contributed by atoms with E-state index in [1.165, 1.54) is 16.8 Å². The number of rotatable bonds is 2. The second-order valence-corrected chi connectivity index (χ2v) is 8.14. The van der Waals surface area contributed by atoms with Crippen molar-refractivity contribution >= 4 is 5.69 Å². The molecule has 0 saturated carbocycles. The van der Waals surface area contributed by atoms with Crippen LogP contribution in [0, 0.1) is 25.2 Å². The van der Waals surface area contributed by atoms with Gasteiger partial charge in [0.1, 0.15) is 0 Å². The molecule has 2 rings (SSSR count). The van der Waals surface area contributed by atoms with E-state index in [4.69, 9.17) is 0 Å². The van der Waals surface area contributed by atoms with Gasteiger partial charge in [0.25, 0.3) is 0 Å². The van der Waals surface area contributed by atoms with Crippen molar-refractivity contribution in [2.75, 3.05) is 18.0 Å². The van der Waals surface area contributed by atoms with Crippen LogP contribution in [0.1, 0.15) is 45.7 Å². The van der Waals surface area contributed by atoms with Crippen molar-refractivity contribution in [2.45, 2.75) is 60.5 Å². The van der Waals surface area contributed by atoms with Gasteiger partial charge < -0.3 is 10.2 Å². The fourth-order valence-electron chi connectivity index (χ4n) is 3.36. The first-order valence-electron chi connectivity index (χ1n) is 8.27. The Hall–Kier alpha value is -1.02. The fraction of sp³-hybridized carbons (Fsp3) is 0.684. The molecule has 0 aromatic heterocycles. The molecule has 2 atom stereocenters. The molecule has 118 valence electrons. The lowest BCUT2D eigenvalue weighted by Gasteiger charge is -2.47. The van der Waals surface area contributed by atoms with E-state index in [0.29, 0.717) is 23.4 Å². The Morgan fingerprint density at radius 3 is 2.14 bits per heavy atom. The molecule has 1 fully saturated rings. The van der Waals surface area contributed by atoms with Gasteiger partial charge in [-0.1, -0.05) is 40.7 Å². The van der Waals surface area contributed by atoms with E-state index in [1.807, 2.05) is 0 Å². The molecule has 1 saturated heterocycles. The number of benzene rings is 1. The molecule has 1 N–H and O–H groups in total. The minimum Gasteiger partial charge on any atom is -0.365 e. The molecule has 0 bridgehead atoms. The number of anilines is 1. The van der Waals surface area contributed by atoms with Crippen molar-refractivity contribution in [2.24, 2.45) is 11.3 Å². The van der Waals surface area contributed by atoms with E-state index in [9.17, 15) is 0 Å². The molecule has 2 nitrogen and oxygen atoms in total. The molecule has 2 unspecified atom stereocenters. The van der Waals surface area contributed by atoms with Crippen LogP contribution in [0.25, 0.3) is 0 Å². The van der Waals surface area contributed by atoms with Crippen molar-refractivity contribution < 1.29 is 0 Å². The van der Waals surface area contributed by atoms with Crippen LogP contribution in [0.2, 0.25) is 0 Å². The molecule has 0 radical (unpaired) electrons. The summed E-state index contributed by atoms with van der Waals surface area (Å²) in [6.07, 6.45) is 0. The number of aryl methyl sites for hydroxylation is 2. The Morgan fingerprint density at radius 1 is 1.10 bits per heavy atom. The summed E-state index contributed by atoms with van der Waals surface area (Å²) in [4.78, 5) is 2.64. The Kier molecular flexibility index (Phi) is 4.67. The van der Waals surface area contributed by atoms with Crippen LogP contribution < -0.4 is 10.2 Å². The molecule has 2 heteroatoms. The zero-order valence-electron chi connectivity index (χ0n) is 14.8. The number of nitrogens with zero attached hydrogens (tertiary/aromatic N) is 1. The molecule has 0 aliphatic carbocycles. The number of piperazine rings is 1. The monoisotopic (exact) mass is 288 g/mol. The SMILES string of the molecule is Cc1cc(C)cc(N2CC(C(C)(C)C)NCC2C(C)C)c1. The number of hydrogen-bond acceptors (Lipinski definition) is 2. The molecule has 1 aromatic carbocycles. The standard InChI is InChI=1S/C19H32N2/c1-13(2)17-11-20-18(19(5,6)7)12-21(17)16-9-14(3)8-15(4)10-16/h8-10,13,17-18,20H,11-12H2,1-7H3. The van der Waals surface area contributed by atoms with Crippen molar-refractivity contribution in [1.82, 2.24) is 5.32 Å². The lowest BCUT2D eigenvalue weighted by atomic mass is 9.83. The first kappa shape index (κ1) is 16.4. The second kappa shape index (κ2) is 6.00. The van der Waals surface area contributed by atoms with Crippen LogP contribution >= 0.6 is 0 Å². The van der Waals surface area contributed by atoms with Gasteiger partial charge in [-0.05, 0) is 48.4 Å². The normalized spacial score (nSPS) is 23.7. The van der Waals surface area contributed by atoms with Crippen LogP contribution in [0.4, 0.5) is 5.69 Å². The van der Waals surface area contributed by atoms with Gasteiger partial charge in [-0.25, -0.2) is 0 Å². The quantitative estimate of drug-likeness (QED) is 0.879. The van der Waals surface area contributed by atoms with Gasteiger partial charge in [0.15, 0.2) is 0 Å². The Bertz CT molecular complexity index is 465. The molecule has 1 aliphatic rings. The van der Waals surface area contributed by atoms with E-state index in [1.54, 1.807) is 0 Å². The van der Waals surface area contributed by atoms with E-state index >= 15 is 0 Å². The summed E-state index contributed by atoms with van der Waals surface area (Å²) in [5, 5.41) is 3.78. The molecule has 1 aliphatic heterocycles. The van der Waals surface area contributed by atoms with Gasteiger partial charge in [-0.2, -0.15) is 0 Å². The van der Waals surface area contributed by atoms with Gasteiger partial charge in [-0.3, -0.25) is 0 Å². The van der Waals surface area contributed by atoms with Gasteiger partial charge >= 0.3 is 0 Å².